The standard InChI is InChI=1S/C24H28Cl2N2O3/c25-20-5-3-4-19(18-20)24(8-15-30-16-9-24)23(29)28-12-10-27(11-13-28)14-17-31-22-7-2-1-6-21(22)26/h1-7,18H,8-17H2. The van der Waals surface area contributed by atoms with Crippen LogP contribution in [0, 0.1) is 0 Å². The minimum atomic E-state index is -0.543. The van der Waals surface area contributed by atoms with Crippen LogP contribution in [0.5, 0.6) is 5.75 Å². The van der Waals surface area contributed by atoms with Crippen LogP contribution in [0.15, 0.2) is 48.5 Å². The fourth-order valence-corrected chi connectivity index (χ4v) is 4.84. The maximum atomic E-state index is 13.7. The van der Waals surface area contributed by atoms with Gasteiger partial charge in [0.1, 0.15) is 12.4 Å². The smallest absolute Gasteiger partial charge is 0.233 e. The molecule has 0 aromatic heterocycles. The molecule has 0 spiro atoms. The second kappa shape index (κ2) is 10.2. The molecule has 0 bridgehead atoms. The molecular weight excluding hydrogens is 435 g/mol. The monoisotopic (exact) mass is 462 g/mol. The van der Waals surface area contributed by atoms with Gasteiger partial charge in [0.2, 0.25) is 5.91 Å². The van der Waals surface area contributed by atoms with Crippen molar-refractivity contribution in [3.63, 3.8) is 0 Å². The van der Waals surface area contributed by atoms with E-state index in [1.54, 1.807) is 0 Å². The molecule has 2 aliphatic rings. The Kier molecular flexibility index (Phi) is 7.39. The SMILES string of the molecule is O=C(N1CCN(CCOc2ccccc2Cl)CC1)C1(c2cccc(Cl)c2)CCOCC1. The Labute approximate surface area is 193 Å². The molecule has 0 N–H and O–H groups in total. The lowest BCUT2D eigenvalue weighted by molar-refractivity contribution is -0.143. The largest absolute Gasteiger partial charge is 0.491 e. The first-order valence-corrected chi connectivity index (χ1v) is 11.6. The first-order chi connectivity index (χ1) is 15.1. The molecular formula is C24H28Cl2N2O3. The van der Waals surface area contributed by atoms with Gasteiger partial charge in [-0.3, -0.25) is 9.69 Å². The van der Waals surface area contributed by atoms with Crippen LogP contribution in [-0.2, 0) is 14.9 Å². The number of piperazine rings is 1. The topological polar surface area (TPSA) is 42.0 Å². The fraction of sp³-hybridized carbons (Fsp3) is 0.458. The first-order valence-electron chi connectivity index (χ1n) is 10.8. The zero-order valence-electron chi connectivity index (χ0n) is 17.6. The number of rotatable bonds is 6. The molecule has 166 valence electrons. The molecule has 0 atom stereocenters. The molecule has 2 saturated heterocycles. The number of hydrogen-bond acceptors (Lipinski definition) is 4. The molecule has 5 nitrogen and oxygen atoms in total. The highest BCUT2D eigenvalue weighted by molar-refractivity contribution is 6.32. The quantitative estimate of drug-likeness (QED) is 0.642. The fourth-order valence-electron chi connectivity index (χ4n) is 4.46. The lowest BCUT2D eigenvalue weighted by Gasteiger charge is -2.43. The highest BCUT2D eigenvalue weighted by Gasteiger charge is 2.44. The number of nitrogens with zero attached hydrogens (tertiary/aromatic N) is 2. The van der Waals surface area contributed by atoms with Crippen LogP contribution in [0.3, 0.4) is 0 Å². The van der Waals surface area contributed by atoms with Crippen molar-refractivity contribution in [2.45, 2.75) is 18.3 Å². The van der Waals surface area contributed by atoms with Gasteiger partial charge in [-0.05, 0) is 42.7 Å². The summed E-state index contributed by atoms with van der Waals surface area (Å²) in [6, 6.07) is 15.3. The van der Waals surface area contributed by atoms with Crippen molar-refractivity contribution in [1.29, 1.82) is 0 Å². The molecule has 1 amide bonds. The average Bonchev–Trinajstić information content (AvgIpc) is 2.81. The molecule has 7 heteroatoms. The summed E-state index contributed by atoms with van der Waals surface area (Å²) in [7, 11) is 0. The maximum absolute atomic E-state index is 13.7. The van der Waals surface area contributed by atoms with E-state index in [-0.39, 0.29) is 5.91 Å². The van der Waals surface area contributed by atoms with E-state index in [1.165, 1.54) is 0 Å². The van der Waals surface area contributed by atoms with Crippen molar-refractivity contribution in [2.75, 3.05) is 52.5 Å². The number of carbonyl (C=O) groups is 1. The zero-order chi connectivity index (χ0) is 21.7. The Morgan fingerprint density at radius 1 is 1.00 bits per heavy atom. The minimum absolute atomic E-state index is 0.199. The second-order valence-electron chi connectivity index (χ2n) is 8.12. The van der Waals surface area contributed by atoms with Gasteiger partial charge in [0.15, 0.2) is 0 Å². The number of amides is 1. The summed E-state index contributed by atoms with van der Waals surface area (Å²) in [5.41, 5.74) is 0.460. The second-order valence-corrected chi connectivity index (χ2v) is 8.96. The molecule has 2 fully saturated rings. The van der Waals surface area contributed by atoms with Gasteiger partial charge in [-0.25, -0.2) is 0 Å². The number of benzene rings is 2. The molecule has 0 saturated carbocycles. The van der Waals surface area contributed by atoms with Crippen molar-refractivity contribution in [1.82, 2.24) is 9.80 Å². The predicted molar refractivity (Wildman–Crippen MR) is 123 cm³/mol. The Balaban J connectivity index is 1.35. The maximum Gasteiger partial charge on any atom is 0.233 e. The van der Waals surface area contributed by atoms with Gasteiger partial charge in [-0.15, -0.1) is 0 Å². The van der Waals surface area contributed by atoms with Crippen LogP contribution < -0.4 is 4.74 Å². The molecule has 2 aromatic carbocycles. The van der Waals surface area contributed by atoms with Crippen LogP contribution in [0.1, 0.15) is 18.4 Å². The van der Waals surface area contributed by atoms with E-state index >= 15 is 0 Å². The average molecular weight is 463 g/mol. The summed E-state index contributed by atoms with van der Waals surface area (Å²) in [6.07, 6.45) is 1.39. The van der Waals surface area contributed by atoms with Crippen molar-refractivity contribution in [3.05, 3.63) is 64.1 Å². The van der Waals surface area contributed by atoms with E-state index in [2.05, 4.69) is 4.90 Å². The van der Waals surface area contributed by atoms with Crippen molar-refractivity contribution in [2.24, 2.45) is 0 Å². The van der Waals surface area contributed by atoms with E-state index in [1.807, 2.05) is 53.4 Å². The Morgan fingerprint density at radius 3 is 2.45 bits per heavy atom. The van der Waals surface area contributed by atoms with Crippen molar-refractivity contribution >= 4 is 29.1 Å². The van der Waals surface area contributed by atoms with Crippen LogP contribution in [0.4, 0.5) is 0 Å². The van der Waals surface area contributed by atoms with Crippen LogP contribution >= 0.6 is 23.2 Å². The van der Waals surface area contributed by atoms with E-state index < -0.39 is 5.41 Å². The summed E-state index contributed by atoms with van der Waals surface area (Å²) in [5.74, 6) is 0.908. The van der Waals surface area contributed by atoms with Crippen molar-refractivity contribution < 1.29 is 14.3 Å². The van der Waals surface area contributed by atoms with Gasteiger partial charge in [-0.1, -0.05) is 47.5 Å². The van der Waals surface area contributed by atoms with Gasteiger partial charge in [-0.2, -0.15) is 0 Å². The summed E-state index contributed by atoms with van der Waals surface area (Å²) in [4.78, 5) is 18.0. The van der Waals surface area contributed by atoms with E-state index in [0.717, 1.165) is 25.2 Å². The minimum Gasteiger partial charge on any atom is -0.491 e. The van der Waals surface area contributed by atoms with Gasteiger partial charge in [0.25, 0.3) is 0 Å². The molecule has 2 aromatic rings. The predicted octanol–water partition coefficient (Wildman–Crippen LogP) is 4.26. The lowest BCUT2D eigenvalue weighted by Crippen LogP contribution is -2.56. The molecule has 4 rings (SSSR count). The number of para-hydroxylation sites is 1. The highest BCUT2D eigenvalue weighted by Crippen LogP contribution is 2.38. The molecule has 2 heterocycles. The van der Waals surface area contributed by atoms with Gasteiger partial charge >= 0.3 is 0 Å². The van der Waals surface area contributed by atoms with E-state index in [4.69, 9.17) is 32.7 Å². The molecule has 0 unspecified atom stereocenters. The van der Waals surface area contributed by atoms with Crippen LogP contribution in [-0.4, -0.2) is 68.3 Å². The Bertz CT molecular complexity index is 894. The lowest BCUT2D eigenvalue weighted by atomic mass is 9.73. The highest BCUT2D eigenvalue weighted by atomic mass is 35.5. The third-order valence-corrected chi connectivity index (χ3v) is 6.84. The number of carbonyl (C=O) groups excluding carboxylic acids is 1. The Hall–Kier alpha value is -1.79. The third-order valence-electron chi connectivity index (χ3n) is 6.29. The van der Waals surface area contributed by atoms with E-state index in [9.17, 15) is 4.79 Å². The third kappa shape index (κ3) is 5.17. The van der Waals surface area contributed by atoms with Gasteiger partial charge < -0.3 is 14.4 Å². The first kappa shape index (κ1) is 22.4. The number of ether oxygens (including phenoxy) is 2. The Morgan fingerprint density at radius 2 is 1.74 bits per heavy atom. The van der Waals surface area contributed by atoms with Crippen molar-refractivity contribution in [3.8, 4) is 5.75 Å². The summed E-state index contributed by atoms with van der Waals surface area (Å²) in [6.45, 7) is 5.67. The van der Waals surface area contributed by atoms with Crippen LogP contribution in [0.2, 0.25) is 10.0 Å². The number of halogens is 2. The number of hydrogen-bond donors (Lipinski definition) is 0. The molecule has 0 aliphatic carbocycles. The van der Waals surface area contributed by atoms with E-state index in [0.29, 0.717) is 61.5 Å². The molecule has 2 aliphatic heterocycles. The molecule has 31 heavy (non-hydrogen) atoms. The zero-order valence-corrected chi connectivity index (χ0v) is 19.1. The van der Waals surface area contributed by atoms with Gasteiger partial charge in [0.05, 0.1) is 10.4 Å². The van der Waals surface area contributed by atoms with Gasteiger partial charge in [0, 0.05) is 51.0 Å². The normalized spacial score (nSPS) is 19.2. The summed E-state index contributed by atoms with van der Waals surface area (Å²) in [5, 5.41) is 1.29. The summed E-state index contributed by atoms with van der Waals surface area (Å²) >= 11 is 12.4. The van der Waals surface area contributed by atoms with Crippen LogP contribution in [0.25, 0.3) is 0 Å². The summed E-state index contributed by atoms with van der Waals surface area (Å²) < 4.78 is 11.4. The molecule has 0 radical (unpaired) electrons.